The van der Waals surface area contributed by atoms with Gasteiger partial charge in [0.25, 0.3) is 0 Å². The summed E-state index contributed by atoms with van der Waals surface area (Å²) in [6.07, 6.45) is 2.40. The Kier molecular flexibility index (Phi) is 4.26. The highest BCUT2D eigenvalue weighted by atomic mass is 16.4. The SMILES string of the molecule is NC(=O)CCCNc1ccc(C(=O)O)nc1. The lowest BCUT2D eigenvalue weighted by Gasteiger charge is -2.04. The van der Waals surface area contributed by atoms with E-state index in [1.165, 1.54) is 12.3 Å². The average Bonchev–Trinajstić information content (AvgIpc) is 2.25. The molecule has 1 rings (SSSR count). The third kappa shape index (κ3) is 3.95. The van der Waals surface area contributed by atoms with E-state index in [2.05, 4.69) is 10.3 Å². The summed E-state index contributed by atoms with van der Waals surface area (Å²) >= 11 is 0. The molecule has 1 aromatic rings. The van der Waals surface area contributed by atoms with Gasteiger partial charge in [-0.25, -0.2) is 9.78 Å². The number of primary amides is 1. The van der Waals surface area contributed by atoms with Gasteiger partial charge in [-0.1, -0.05) is 0 Å². The van der Waals surface area contributed by atoms with Gasteiger partial charge in [-0.05, 0) is 18.6 Å². The molecule has 0 aromatic carbocycles. The molecule has 0 saturated heterocycles. The van der Waals surface area contributed by atoms with Crippen molar-refractivity contribution < 1.29 is 14.7 Å². The Hall–Kier alpha value is -2.11. The van der Waals surface area contributed by atoms with E-state index in [4.69, 9.17) is 10.8 Å². The highest BCUT2D eigenvalue weighted by Crippen LogP contribution is 2.06. The van der Waals surface area contributed by atoms with Crippen molar-refractivity contribution in [3.05, 3.63) is 24.0 Å². The first-order valence-corrected chi connectivity index (χ1v) is 4.81. The molecular formula is C10H13N3O3. The average molecular weight is 223 g/mol. The molecule has 0 unspecified atom stereocenters. The van der Waals surface area contributed by atoms with Crippen LogP contribution in [0.1, 0.15) is 23.3 Å². The van der Waals surface area contributed by atoms with E-state index in [0.29, 0.717) is 19.4 Å². The molecule has 0 atom stereocenters. The number of hydrogen-bond donors (Lipinski definition) is 3. The minimum absolute atomic E-state index is 0.00249. The first-order valence-electron chi connectivity index (χ1n) is 4.81. The molecule has 0 radical (unpaired) electrons. The van der Waals surface area contributed by atoms with Gasteiger partial charge in [-0.3, -0.25) is 4.79 Å². The maximum absolute atomic E-state index is 10.5. The molecule has 0 aliphatic heterocycles. The van der Waals surface area contributed by atoms with Gasteiger partial charge in [0, 0.05) is 13.0 Å². The molecular weight excluding hydrogens is 210 g/mol. The molecule has 86 valence electrons. The van der Waals surface area contributed by atoms with Crippen LogP contribution in [0.3, 0.4) is 0 Å². The van der Waals surface area contributed by atoms with Crippen LogP contribution in [0.4, 0.5) is 5.69 Å². The molecule has 0 bridgehead atoms. The van der Waals surface area contributed by atoms with Gasteiger partial charge >= 0.3 is 5.97 Å². The van der Waals surface area contributed by atoms with Gasteiger partial charge in [-0.15, -0.1) is 0 Å². The Morgan fingerprint density at radius 2 is 2.19 bits per heavy atom. The van der Waals surface area contributed by atoms with Gasteiger partial charge in [0.1, 0.15) is 5.69 Å². The van der Waals surface area contributed by atoms with Gasteiger partial charge in [0.05, 0.1) is 11.9 Å². The normalized spacial score (nSPS) is 9.75. The lowest BCUT2D eigenvalue weighted by atomic mass is 10.3. The first kappa shape index (κ1) is 12.0. The predicted octanol–water partition coefficient (Wildman–Crippen LogP) is 0.457. The van der Waals surface area contributed by atoms with Crippen LogP contribution in [0.5, 0.6) is 0 Å². The molecule has 1 aromatic heterocycles. The monoisotopic (exact) mass is 223 g/mol. The number of aromatic carboxylic acids is 1. The van der Waals surface area contributed by atoms with E-state index in [1.54, 1.807) is 6.07 Å². The van der Waals surface area contributed by atoms with Gasteiger partial charge in [0.15, 0.2) is 0 Å². The number of carbonyl (C=O) groups excluding carboxylic acids is 1. The number of amides is 1. The summed E-state index contributed by atoms with van der Waals surface area (Å²) in [7, 11) is 0. The number of anilines is 1. The van der Waals surface area contributed by atoms with Crippen LogP contribution in [0, 0.1) is 0 Å². The highest BCUT2D eigenvalue weighted by molar-refractivity contribution is 5.85. The molecule has 0 fully saturated rings. The number of aromatic nitrogens is 1. The van der Waals surface area contributed by atoms with Crippen LogP contribution in [0.2, 0.25) is 0 Å². The molecule has 16 heavy (non-hydrogen) atoms. The number of nitrogens with zero attached hydrogens (tertiary/aromatic N) is 1. The van der Waals surface area contributed by atoms with Gasteiger partial charge in [0.2, 0.25) is 5.91 Å². The number of nitrogens with one attached hydrogen (secondary N) is 1. The number of hydrogen-bond acceptors (Lipinski definition) is 4. The number of carbonyl (C=O) groups is 2. The number of carboxylic acids is 1. The van der Waals surface area contributed by atoms with Crippen LogP contribution in [0.25, 0.3) is 0 Å². The summed E-state index contributed by atoms with van der Waals surface area (Å²) in [5, 5.41) is 11.6. The second-order valence-corrected chi connectivity index (χ2v) is 3.23. The molecule has 4 N–H and O–H groups in total. The second-order valence-electron chi connectivity index (χ2n) is 3.23. The number of rotatable bonds is 6. The zero-order chi connectivity index (χ0) is 12.0. The van der Waals surface area contributed by atoms with Crippen molar-refractivity contribution >= 4 is 17.6 Å². The van der Waals surface area contributed by atoms with Gasteiger partial charge in [-0.2, -0.15) is 0 Å². The van der Waals surface area contributed by atoms with E-state index >= 15 is 0 Å². The Labute approximate surface area is 92.5 Å². The molecule has 1 amide bonds. The largest absolute Gasteiger partial charge is 0.477 e. The van der Waals surface area contributed by atoms with Crippen molar-refractivity contribution in [2.24, 2.45) is 5.73 Å². The summed E-state index contributed by atoms with van der Waals surface area (Å²) in [5.41, 5.74) is 5.70. The van der Waals surface area contributed by atoms with E-state index in [-0.39, 0.29) is 11.6 Å². The Bertz CT molecular complexity index is 375. The van der Waals surface area contributed by atoms with Crippen molar-refractivity contribution in [1.82, 2.24) is 4.98 Å². The Morgan fingerprint density at radius 3 is 2.69 bits per heavy atom. The van der Waals surface area contributed by atoms with Crippen molar-refractivity contribution in [3.63, 3.8) is 0 Å². The fourth-order valence-electron chi connectivity index (χ4n) is 1.12. The number of nitrogens with two attached hydrogens (primary N) is 1. The molecule has 6 heteroatoms. The van der Waals surface area contributed by atoms with Crippen LogP contribution >= 0.6 is 0 Å². The van der Waals surface area contributed by atoms with E-state index in [9.17, 15) is 9.59 Å². The molecule has 0 aliphatic carbocycles. The lowest BCUT2D eigenvalue weighted by molar-refractivity contribution is -0.118. The number of pyridine rings is 1. The standard InChI is InChI=1S/C10H13N3O3/c11-9(14)2-1-5-12-7-3-4-8(10(15)16)13-6-7/h3-4,6,12H,1-2,5H2,(H2,11,14)(H,15,16). The lowest BCUT2D eigenvalue weighted by Crippen LogP contribution is -2.12. The van der Waals surface area contributed by atoms with Crippen LogP contribution in [-0.2, 0) is 4.79 Å². The maximum atomic E-state index is 10.5. The number of carboxylic acid groups (broad SMARTS) is 1. The Balaban J connectivity index is 2.38. The fourth-order valence-corrected chi connectivity index (χ4v) is 1.12. The molecule has 1 heterocycles. The summed E-state index contributed by atoms with van der Waals surface area (Å²) in [4.78, 5) is 24.7. The van der Waals surface area contributed by atoms with Crippen molar-refractivity contribution in [3.8, 4) is 0 Å². The molecule has 0 aliphatic rings. The zero-order valence-electron chi connectivity index (χ0n) is 8.64. The summed E-state index contributed by atoms with van der Waals surface area (Å²) in [6.45, 7) is 0.594. The smallest absolute Gasteiger partial charge is 0.354 e. The summed E-state index contributed by atoms with van der Waals surface area (Å²) in [6, 6.07) is 3.04. The van der Waals surface area contributed by atoms with Gasteiger partial charge < -0.3 is 16.2 Å². The minimum Gasteiger partial charge on any atom is -0.477 e. The van der Waals surface area contributed by atoms with Crippen molar-refractivity contribution in [2.45, 2.75) is 12.8 Å². The van der Waals surface area contributed by atoms with Crippen LogP contribution in [-0.4, -0.2) is 28.5 Å². The highest BCUT2D eigenvalue weighted by Gasteiger charge is 2.02. The third-order valence-corrected chi connectivity index (χ3v) is 1.91. The van der Waals surface area contributed by atoms with E-state index < -0.39 is 5.97 Å². The minimum atomic E-state index is -1.06. The van der Waals surface area contributed by atoms with Crippen molar-refractivity contribution in [1.29, 1.82) is 0 Å². The fraction of sp³-hybridized carbons (Fsp3) is 0.300. The molecule has 6 nitrogen and oxygen atoms in total. The molecule has 0 saturated carbocycles. The Morgan fingerprint density at radius 1 is 1.44 bits per heavy atom. The third-order valence-electron chi connectivity index (χ3n) is 1.91. The van der Waals surface area contributed by atoms with Crippen LogP contribution in [0.15, 0.2) is 18.3 Å². The van der Waals surface area contributed by atoms with E-state index in [0.717, 1.165) is 5.69 Å². The van der Waals surface area contributed by atoms with E-state index in [1.807, 2.05) is 0 Å². The summed E-state index contributed by atoms with van der Waals surface area (Å²) < 4.78 is 0. The summed E-state index contributed by atoms with van der Waals surface area (Å²) in [5.74, 6) is -1.39. The maximum Gasteiger partial charge on any atom is 0.354 e. The quantitative estimate of drug-likeness (QED) is 0.607. The van der Waals surface area contributed by atoms with Crippen LogP contribution < -0.4 is 11.1 Å². The molecule has 0 spiro atoms. The second kappa shape index (κ2) is 5.69. The zero-order valence-corrected chi connectivity index (χ0v) is 8.64. The topological polar surface area (TPSA) is 105 Å². The van der Waals surface area contributed by atoms with Crippen molar-refractivity contribution in [2.75, 3.05) is 11.9 Å². The predicted molar refractivity (Wildman–Crippen MR) is 58.1 cm³/mol. The first-order chi connectivity index (χ1) is 7.59.